The van der Waals surface area contributed by atoms with E-state index < -0.39 is 0 Å². The van der Waals surface area contributed by atoms with Gasteiger partial charge in [0.1, 0.15) is 15.7 Å². The van der Waals surface area contributed by atoms with Crippen molar-refractivity contribution in [3.05, 3.63) is 121 Å². The van der Waals surface area contributed by atoms with Crippen LogP contribution in [0.15, 0.2) is 115 Å². The molecule has 31 heavy (non-hydrogen) atoms. The van der Waals surface area contributed by atoms with Gasteiger partial charge in [0.15, 0.2) is 0 Å². The molecule has 0 unspecified atom stereocenters. The van der Waals surface area contributed by atoms with Gasteiger partial charge in [-0.05, 0) is 36.8 Å². The summed E-state index contributed by atoms with van der Waals surface area (Å²) in [6.45, 7) is 2.15. The van der Waals surface area contributed by atoms with E-state index in [1.807, 2.05) is 6.07 Å². The first-order valence-electron chi connectivity index (χ1n) is 10.3. The van der Waals surface area contributed by atoms with E-state index in [4.69, 9.17) is 4.98 Å². The molecule has 0 saturated carbocycles. The van der Waals surface area contributed by atoms with Crippen LogP contribution in [0.5, 0.6) is 0 Å². The highest BCUT2D eigenvalue weighted by molar-refractivity contribution is 7.19. The Balaban J connectivity index is 1.78. The number of aromatic nitrogens is 1. The standard InChI is InChI=1S/C28H22N2S/c1-21-13-11-12-20-25(21)26-28(31-27(29-26)22-14-5-2-6-15-22)30(23-16-7-3-8-17-23)24-18-9-4-10-19-24/h2-20H,1H3. The van der Waals surface area contributed by atoms with Crippen molar-refractivity contribution in [3.63, 3.8) is 0 Å². The van der Waals surface area contributed by atoms with Crippen LogP contribution in [0.4, 0.5) is 16.4 Å². The summed E-state index contributed by atoms with van der Waals surface area (Å²) >= 11 is 1.73. The number of hydrogen-bond acceptors (Lipinski definition) is 3. The quantitative estimate of drug-likeness (QED) is 0.285. The second-order valence-corrected chi connectivity index (χ2v) is 8.34. The molecule has 2 nitrogen and oxygen atoms in total. The van der Waals surface area contributed by atoms with Gasteiger partial charge in [0.2, 0.25) is 0 Å². The molecule has 1 aromatic heterocycles. The van der Waals surface area contributed by atoms with Crippen molar-refractivity contribution in [3.8, 4) is 21.8 Å². The molecule has 0 saturated heterocycles. The third kappa shape index (κ3) is 3.88. The third-order valence-electron chi connectivity index (χ3n) is 5.26. The van der Waals surface area contributed by atoms with Gasteiger partial charge in [0, 0.05) is 22.5 Å². The fraction of sp³-hybridized carbons (Fsp3) is 0.0357. The van der Waals surface area contributed by atoms with Crippen molar-refractivity contribution >= 4 is 27.7 Å². The van der Waals surface area contributed by atoms with E-state index in [-0.39, 0.29) is 0 Å². The van der Waals surface area contributed by atoms with Crippen LogP contribution in [0.2, 0.25) is 0 Å². The first-order valence-corrected chi connectivity index (χ1v) is 11.2. The molecule has 0 amide bonds. The zero-order valence-corrected chi connectivity index (χ0v) is 18.1. The molecule has 5 aromatic rings. The molecule has 0 fully saturated rings. The number of rotatable bonds is 5. The molecule has 1 heterocycles. The summed E-state index contributed by atoms with van der Waals surface area (Å²) in [7, 11) is 0. The Morgan fingerprint density at radius 3 is 1.71 bits per heavy atom. The van der Waals surface area contributed by atoms with Crippen molar-refractivity contribution in [2.75, 3.05) is 4.90 Å². The second kappa shape index (κ2) is 8.58. The molecule has 0 radical (unpaired) electrons. The average molecular weight is 419 g/mol. The van der Waals surface area contributed by atoms with Crippen LogP contribution in [0.1, 0.15) is 5.56 Å². The van der Waals surface area contributed by atoms with Crippen LogP contribution in [-0.2, 0) is 0 Å². The molecule has 0 spiro atoms. The molecule has 0 N–H and O–H groups in total. The van der Waals surface area contributed by atoms with Crippen molar-refractivity contribution in [1.29, 1.82) is 0 Å². The van der Waals surface area contributed by atoms with E-state index in [0.29, 0.717) is 0 Å². The lowest BCUT2D eigenvalue weighted by molar-refractivity contribution is 1.28. The maximum atomic E-state index is 5.16. The van der Waals surface area contributed by atoms with E-state index in [1.54, 1.807) is 11.3 Å². The molecule has 5 rings (SSSR count). The van der Waals surface area contributed by atoms with Crippen molar-refractivity contribution in [2.45, 2.75) is 6.92 Å². The number of hydrogen-bond donors (Lipinski definition) is 0. The third-order valence-corrected chi connectivity index (χ3v) is 6.35. The van der Waals surface area contributed by atoms with Crippen molar-refractivity contribution < 1.29 is 0 Å². The largest absolute Gasteiger partial charge is 0.300 e. The Hall–Kier alpha value is -3.69. The molecule has 0 bridgehead atoms. The van der Waals surface area contributed by atoms with Crippen LogP contribution in [0.3, 0.4) is 0 Å². The lowest BCUT2D eigenvalue weighted by Gasteiger charge is -2.24. The fourth-order valence-corrected chi connectivity index (χ4v) is 4.85. The Kier molecular flexibility index (Phi) is 5.34. The van der Waals surface area contributed by atoms with E-state index in [2.05, 4.69) is 121 Å². The summed E-state index contributed by atoms with van der Waals surface area (Å²) in [4.78, 5) is 7.47. The predicted molar refractivity (Wildman–Crippen MR) is 132 cm³/mol. The molecular formula is C28H22N2S. The molecule has 150 valence electrons. The molecular weight excluding hydrogens is 396 g/mol. The predicted octanol–water partition coefficient (Wildman–Crippen LogP) is 8.26. The van der Waals surface area contributed by atoms with Gasteiger partial charge in [-0.25, -0.2) is 4.98 Å². The number of para-hydroxylation sites is 2. The summed E-state index contributed by atoms with van der Waals surface area (Å²) in [6.07, 6.45) is 0. The number of thiazole rings is 1. The van der Waals surface area contributed by atoms with Gasteiger partial charge in [0.05, 0.1) is 0 Å². The summed E-state index contributed by atoms with van der Waals surface area (Å²) < 4.78 is 0. The first kappa shape index (κ1) is 19.3. The highest BCUT2D eigenvalue weighted by Crippen LogP contribution is 2.46. The topological polar surface area (TPSA) is 16.1 Å². The number of benzene rings is 4. The highest BCUT2D eigenvalue weighted by atomic mass is 32.1. The summed E-state index contributed by atoms with van der Waals surface area (Å²) in [6, 6.07) is 39.9. The zero-order valence-electron chi connectivity index (χ0n) is 17.3. The lowest BCUT2D eigenvalue weighted by atomic mass is 10.1. The van der Waals surface area contributed by atoms with E-state index in [9.17, 15) is 0 Å². The molecule has 0 aliphatic carbocycles. The van der Waals surface area contributed by atoms with Crippen LogP contribution >= 0.6 is 11.3 Å². The molecule has 3 heteroatoms. The Labute approximate surface area is 187 Å². The van der Waals surface area contributed by atoms with Gasteiger partial charge in [-0.2, -0.15) is 0 Å². The molecule has 4 aromatic carbocycles. The van der Waals surface area contributed by atoms with Gasteiger partial charge >= 0.3 is 0 Å². The minimum absolute atomic E-state index is 1.01. The maximum absolute atomic E-state index is 5.16. The first-order chi connectivity index (χ1) is 15.3. The van der Waals surface area contributed by atoms with Crippen LogP contribution in [0.25, 0.3) is 21.8 Å². The molecule has 0 aliphatic rings. The highest BCUT2D eigenvalue weighted by Gasteiger charge is 2.23. The lowest BCUT2D eigenvalue weighted by Crippen LogP contribution is -2.09. The SMILES string of the molecule is Cc1ccccc1-c1nc(-c2ccccc2)sc1N(c1ccccc1)c1ccccc1. The van der Waals surface area contributed by atoms with Gasteiger partial charge in [-0.1, -0.05) is 102 Å². The zero-order chi connectivity index (χ0) is 21.0. The van der Waals surface area contributed by atoms with Gasteiger partial charge in [0.25, 0.3) is 0 Å². The molecule has 0 aliphatic heterocycles. The number of anilines is 3. The normalized spacial score (nSPS) is 10.7. The van der Waals surface area contributed by atoms with Gasteiger partial charge in [-0.3, -0.25) is 0 Å². The Morgan fingerprint density at radius 1 is 0.613 bits per heavy atom. The molecule has 0 atom stereocenters. The number of aryl methyl sites for hydroxylation is 1. The van der Waals surface area contributed by atoms with Crippen LogP contribution in [-0.4, -0.2) is 4.98 Å². The van der Waals surface area contributed by atoms with E-state index in [1.165, 1.54) is 5.56 Å². The summed E-state index contributed by atoms with van der Waals surface area (Å²) in [5.74, 6) is 0. The Bertz CT molecular complexity index is 1240. The minimum Gasteiger partial charge on any atom is -0.300 e. The summed E-state index contributed by atoms with van der Waals surface area (Å²) in [5.41, 5.74) is 6.76. The Morgan fingerprint density at radius 2 is 1.13 bits per heavy atom. The number of nitrogens with zero attached hydrogens (tertiary/aromatic N) is 2. The van der Waals surface area contributed by atoms with Gasteiger partial charge in [-0.15, -0.1) is 0 Å². The minimum atomic E-state index is 1.01. The van der Waals surface area contributed by atoms with Crippen molar-refractivity contribution in [1.82, 2.24) is 4.98 Å². The fourth-order valence-electron chi connectivity index (χ4n) is 3.72. The average Bonchev–Trinajstić information content (AvgIpc) is 3.26. The monoisotopic (exact) mass is 418 g/mol. The smallest absolute Gasteiger partial charge is 0.129 e. The second-order valence-electron chi connectivity index (χ2n) is 7.36. The van der Waals surface area contributed by atoms with Crippen LogP contribution < -0.4 is 4.90 Å². The van der Waals surface area contributed by atoms with Gasteiger partial charge < -0.3 is 4.90 Å². The van der Waals surface area contributed by atoms with Crippen molar-refractivity contribution in [2.24, 2.45) is 0 Å². The summed E-state index contributed by atoms with van der Waals surface area (Å²) in [5, 5.41) is 2.14. The van der Waals surface area contributed by atoms with E-state index in [0.717, 1.165) is 38.2 Å². The maximum Gasteiger partial charge on any atom is 0.129 e. The van der Waals surface area contributed by atoms with Crippen LogP contribution in [0, 0.1) is 6.92 Å². The van der Waals surface area contributed by atoms with E-state index >= 15 is 0 Å².